The van der Waals surface area contributed by atoms with Gasteiger partial charge in [-0.1, -0.05) is 12.1 Å². The van der Waals surface area contributed by atoms with Gasteiger partial charge in [-0.05, 0) is 32.1 Å². The SMILES string of the molecule is CCOc1cccc2c1O[C@@]1(C)C[C@@H]2NC(=S)N1CCOC. The zero-order valence-electron chi connectivity index (χ0n) is 13.2. The number of ether oxygens (including phenoxy) is 3. The van der Waals surface area contributed by atoms with Crippen LogP contribution in [0.5, 0.6) is 11.5 Å². The molecule has 2 atom stereocenters. The van der Waals surface area contributed by atoms with Gasteiger partial charge in [0.05, 0.1) is 19.3 Å². The number of nitrogens with one attached hydrogen (secondary N) is 1. The molecule has 0 amide bonds. The zero-order chi connectivity index (χ0) is 15.7. The van der Waals surface area contributed by atoms with E-state index >= 15 is 0 Å². The van der Waals surface area contributed by atoms with Crippen molar-refractivity contribution in [1.29, 1.82) is 0 Å². The summed E-state index contributed by atoms with van der Waals surface area (Å²) in [6.07, 6.45) is 0.833. The first-order chi connectivity index (χ1) is 10.6. The van der Waals surface area contributed by atoms with Crippen molar-refractivity contribution in [2.24, 2.45) is 0 Å². The van der Waals surface area contributed by atoms with Gasteiger partial charge >= 0.3 is 0 Å². The highest BCUT2D eigenvalue weighted by Crippen LogP contribution is 2.47. The van der Waals surface area contributed by atoms with E-state index < -0.39 is 5.72 Å². The number of thiocarbonyl (C=S) groups is 1. The van der Waals surface area contributed by atoms with Crippen molar-refractivity contribution in [1.82, 2.24) is 10.2 Å². The number of para-hydroxylation sites is 1. The van der Waals surface area contributed by atoms with Crippen LogP contribution >= 0.6 is 12.2 Å². The third-order valence-corrected chi connectivity index (χ3v) is 4.56. The number of fused-ring (bicyclic) bond motifs is 4. The number of benzene rings is 1. The van der Waals surface area contributed by atoms with E-state index in [1.165, 1.54) is 0 Å². The summed E-state index contributed by atoms with van der Waals surface area (Å²) < 4.78 is 17.3. The standard InChI is InChI=1S/C16H22N2O3S/c1-4-20-13-7-5-6-11-12-10-16(2,21-14(11)13)18(8-9-19-3)15(22)17-12/h5-7,12H,4,8-10H2,1-3H3,(H,17,22)/t12-,16-/m0/s1. The second-order valence-corrected chi connectivity index (χ2v) is 6.12. The molecule has 1 aromatic carbocycles. The molecule has 5 nitrogen and oxygen atoms in total. The van der Waals surface area contributed by atoms with Gasteiger partial charge in [0, 0.05) is 25.6 Å². The predicted molar refractivity (Wildman–Crippen MR) is 88.3 cm³/mol. The number of hydrogen-bond acceptors (Lipinski definition) is 4. The molecule has 0 aliphatic carbocycles. The molecule has 3 rings (SSSR count). The first kappa shape index (κ1) is 15.4. The van der Waals surface area contributed by atoms with Gasteiger partial charge in [-0.25, -0.2) is 0 Å². The van der Waals surface area contributed by atoms with Crippen LogP contribution in [-0.2, 0) is 4.74 Å². The molecule has 2 bridgehead atoms. The van der Waals surface area contributed by atoms with Crippen molar-refractivity contribution < 1.29 is 14.2 Å². The minimum Gasteiger partial charge on any atom is -0.490 e. The Morgan fingerprint density at radius 1 is 1.50 bits per heavy atom. The van der Waals surface area contributed by atoms with E-state index in [2.05, 4.69) is 23.2 Å². The second kappa shape index (κ2) is 5.93. The van der Waals surface area contributed by atoms with Gasteiger partial charge < -0.3 is 24.4 Å². The summed E-state index contributed by atoms with van der Waals surface area (Å²) in [6, 6.07) is 6.17. The number of rotatable bonds is 5. The van der Waals surface area contributed by atoms with E-state index in [0.29, 0.717) is 24.9 Å². The fraction of sp³-hybridized carbons (Fsp3) is 0.562. The van der Waals surface area contributed by atoms with E-state index in [4.69, 9.17) is 26.4 Å². The molecule has 0 radical (unpaired) electrons. The summed E-state index contributed by atoms with van der Waals surface area (Å²) in [5.74, 6) is 1.61. The maximum Gasteiger partial charge on any atom is 0.184 e. The maximum absolute atomic E-state index is 6.37. The van der Waals surface area contributed by atoms with Crippen LogP contribution in [0.15, 0.2) is 18.2 Å². The summed E-state index contributed by atoms with van der Waals surface area (Å²) in [5.41, 5.74) is 0.628. The monoisotopic (exact) mass is 322 g/mol. The van der Waals surface area contributed by atoms with Crippen LogP contribution < -0.4 is 14.8 Å². The van der Waals surface area contributed by atoms with Crippen molar-refractivity contribution in [2.45, 2.75) is 32.0 Å². The quantitative estimate of drug-likeness (QED) is 0.840. The van der Waals surface area contributed by atoms with Crippen LogP contribution in [0.1, 0.15) is 31.9 Å². The lowest BCUT2D eigenvalue weighted by Crippen LogP contribution is -2.65. The molecular formula is C16H22N2O3S. The van der Waals surface area contributed by atoms with E-state index in [0.717, 1.165) is 23.5 Å². The van der Waals surface area contributed by atoms with Crippen molar-refractivity contribution >= 4 is 17.3 Å². The Labute approximate surface area is 136 Å². The van der Waals surface area contributed by atoms with Gasteiger partial charge in [-0.2, -0.15) is 0 Å². The van der Waals surface area contributed by atoms with E-state index in [-0.39, 0.29) is 6.04 Å². The smallest absolute Gasteiger partial charge is 0.184 e. The third-order valence-electron chi connectivity index (χ3n) is 4.22. The van der Waals surface area contributed by atoms with E-state index in [1.54, 1.807) is 7.11 Å². The lowest BCUT2D eigenvalue weighted by molar-refractivity contribution is -0.0755. The van der Waals surface area contributed by atoms with Crippen LogP contribution in [0.2, 0.25) is 0 Å². The number of hydrogen-bond donors (Lipinski definition) is 1. The van der Waals surface area contributed by atoms with Crippen LogP contribution in [0.25, 0.3) is 0 Å². The van der Waals surface area contributed by atoms with Crippen LogP contribution in [0.4, 0.5) is 0 Å². The van der Waals surface area contributed by atoms with Crippen LogP contribution in [0, 0.1) is 0 Å². The third kappa shape index (κ3) is 2.50. The van der Waals surface area contributed by atoms with Crippen molar-refractivity contribution in [2.75, 3.05) is 26.9 Å². The molecule has 120 valence electrons. The average molecular weight is 322 g/mol. The molecule has 2 aliphatic rings. The molecule has 0 saturated carbocycles. The molecule has 0 spiro atoms. The van der Waals surface area contributed by atoms with E-state index in [1.807, 2.05) is 19.1 Å². The molecule has 0 unspecified atom stereocenters. The lowest BCUT2D eigenvalue weighted by atomic mass is 9.90. The molecular weight excluding hydrogens is 300 g/mol. The fourth-order valence-electron chi connectivity index (χ4n) is 3.19. The van der Waals surface area contributed by atoms with Gasteiger partial charge in [0.25, 0.3) is 0 Å². The first-order valence-electron chi connectivity index (χ1n) is 7.61. The first-order valence-corrected chi connectivity index (χ1v) is 8.01. The van der Waals surface area contributed by atoms with Gasteiger partial charge in [0.15, 0.2) is 22.3 Å². The summed E-state index contributed by atoms with van der Waals surface area (Å²) in [4.78, 5) is 2.06. The molecule has 0 aromatic heterocycles. The summed E-state index contributed by atoms with van der Waals surface area (Å²) in [5, 5.41) is 4.14. The molecule has 1 fully saturated rings. The summed E-state index contributed by atoms with van der Waals surface area (Å²) in [7, 11) is 1.69. The Balaban J connectivity index is 1.97. The minimum atomic E-state index is -0.480. The Hall–Kier alpha value is -1.53. The average Bonchev–Trinajstić information content (AvgIpc) is 2.48. The van der Waals surface area contributed by atoms with Gasteiger partial charge in [0.1, 0.15) is 0 Å². The maximum atomic E-state index is 6.37. The lowest BCUT2D eigenvalue weighted by Gasteiger charge is -2.52. The Kier molecular flexibility index (Phi) is 4.14. The highest BCUT2D eigenvalue weighted by atomic mass is 32.1. The zero-order valence-corrected chi connectivity index (χ0v) is 14.0. The second-order valence-electron chi connectivity index (χ2n) is 5.74. The molecule has 6 heteroatoms. The Morgan fingerprint density at radius 2 is 2.32 bits per heavy atom. The Morgan fingerprint density at radius 3 is 3.05 bits per heavy atom. The molecule has 1 saturated heterocycles. The van der Waals surface area contributed by atoms with Crippen molar-refractivity contribution in [3.05, 3.63) is 23.8 Å². The van der Waals surface area contributed by atoms with Gasteiger partial charge in [-0.3, -0.25) is 0 Å². The molecule has 2 heterocycles. The molecule has 22 heavy (non-hydrogen) atoms. The fourth-order valence-corrected chi connectivity index (χ4v) is 3.62. The van der Waals surface area contributed by atoms with Crippen LogP contribution in [-0.4, -0.2) is 42.6 Å². The largest absolute Gasteiger partial charge is 0.490 e. The summed E-state index contributed by atoms with van der Waals surface area (Å²) >= 11 is 5.53. The van der Waals surface area contributed by atoms with Gasteiger partial charge in [0.2, 0.25) is 0 Å². The highest BCUT2D eigenvalue weighted by molar-refractivity contribution is 7.80. The molecule has 1 N–H and O–H groups in total. The Bertz CT molecular complexity index is 581. The number of methoxy groups -OCH3 is 1. The number of nitrogens with zero attached hydrogens (tertiary/aromatic N) is 1. The molecule has 1 aromatic rings. The van der Waals surface area contributed by atoms with E-state index in [9.17, 15) is 0 Å². The highest BCUT2D eigenvalue weighted by Gasteiger charge is 2.48. The minimum absolute atomic E-state index is 0.153. The summed E-state index contributed by atoms with van der Waals surface area (Å²) in [6.45, 7) is 5.96. The normalized spacial score (nSPS) is 26.0. The van der Waals surface area contributed by atoms with Gasteiger partial charge in [-0.15, -0.1) is 0 Å². The van der Waals surface area contributed by atoms with Crippen LogP contribution in [0.3, 0.4) is 0 Å². The predicted octanol–water partition coefficient (Wildman–Crippen LogP) is 2.46. The van der Waals surface area contributed by atoms with Crippen molar-refractivity contribution in [3.63, 3.8) is 0 Å². The molecule has 2 aliphatic heterocycles. The van der Waals surface area contributed by atoms with Crippen molar-refractivity contribution in [3.8, 4) is 11.5 Å². The topological polar surface area (TPSA) is 43.0 Å².